The molecule has 14 nitrogen and oxygen atoms in total. The molecule has 1 aliphatic heterocycles. The van der Waals surface area contributed by atoms with Crippen molar-refractivity contribution in [3.05, 3.63) is 119 Å². The number of esters is 4. The molecule has 7 rings (SSSR count). The van der Waals surface area contributed by atoms with E-state index in [0.717, 1.165) is 6.92 Å². The first-order chi connectivity index (χ1) is 28.9. The van der Waals surface area contributed by atoms with Crippen LogP contribution in [0, 0.1) is 16.7 Å². The van der Waals surface area contributed by atoms with Crippen LogP contribution >= 0.6 is 0 Å². The molecule has 61 heavy (non-hydrogen) atoms. The van der Waals surface area contributed by atoms with Gasteiger partial charge in [0.15, 0.2) is 23.6 Å². The van der Waals surface area contributed by atoms with Crippen LogP contribution in [0.3, 0.4) is 0 Å². The van der Waals surface area contributed by atoms with Gasteiger partial charge in [0.1, 0.15) is 23.9 Å². The van der Waals surface area contributed by atoms with Gasteiger partial charge in [0.2, 0.25) is 0 Å². The molecule has 2 bridgehead atoms. The lowest BCUT2D eigenvalue weighted by molar-refractivity contribution is -0.332. The third-order valence-corrected chi connectivity index (χ3v) is 13.3. The first kappa shape index (κ1) is 43.4. The Morgan fingerprint density at radius 1 is 0.820 bits per heavy atom. The number of aliphatic hydroxyl groups excluding tert-OH is 1. The van der Waals surface area contributed by atoms with Crippen LogP contribution in [0.25, 0.3) is 0 Å². The standard InChI is InChI=1S/C47H51NO13/c1-26-32(59-43(55)36(51)35(29-16-10-7-11-17-29)48-41(53)30-18-12-8-13-19-30)24-47(56)40(60-42(54)31-20-14-9-15-21-31)38-45(6,23-22-33-46(38,25-57-33)61-28(3)50)39(52)37(58-27(2)49)34(26)44(47,4)5/h7-21,32-33,35-38,40,51,56H,22-25H2,1-6H3,(H,48,53)/t32-,33+,35-,36+,37+,38?,40-,45+,46-,47+/m1/s1. The van der Waals surface area contributed by atoms with E-state index in [1.165, 1.54) is 19.1 Å². The maximum absolute atomic E-state index is 15.4. The van der Waals surface area contributed by atoms with E-state index < -0.39 is 107 Å². The van der Waals surface area contributed by atoms with Crippen molar-refractivity contribution in [1.82, 2.24) is 5.32 Å². The number of ether oxygens (including phenoxy) is 5. The molecule has 322 valence electrons. The van der Waals surface area contributed by atoms with Gasteiger partial charge in [-0.25, -0.2) is 9.59 Å². The molecule has 0 spiro atoms. The number of carbonyl (C=O) groups is 6. The summed E-state index contributed by atoms with van der Waals surface area (Å²) in [6.45, 7) is 8.62. The van der Waals surface area contributed by atoms with Crippen LogP contribution in [0.2, 0.25) is 0 Å². The third kappa shape index (κ3) is 7.44. The maximum atomic E-state index is 15.4. The van der Waals surface area contributed by atoms with Gasteiger partial charge in [0, 0.05) is 36.7 Å². The van der Waals surface area contributed by atoms with E-state index in [1.807, 2.05) is 0 Å². The predicted molar refractivity (Wildman–Crippen MR) is 216 cm³/mol. The summed E-state index contributed by atoms with van der Waals surface area (Å²) < 4.78 is 30.6. The van der Waals surface area contributed by atoms with Crippen molar-refractivity contribution in [1.29, 1.82) is 0 Å². The third-order valence-electron chi connectivity index (χ3n) is 13.3. The topological polar surface area (TPSA) is 201 Å². The van der Waals surface area contributed by atoms with Crippen molar-refractivity contribution in [2.45, 2.75) is 109 Å². The molecule has 3 aromatic rings. The summed E-state index contributed by atoms with van der Waals surface area (Å²) in [5, 5.41) is 28.2. The zero-order valence-electron chi connectivity index (χ0n) is 34.9. The molecule has 1 amide bonds. The highest BCUT2D eigenvalue weighted by Gasteiger charge is 2.76. The van der Waals surface area contributed by atoms with Gasteiger partial charge in [-0.15, -0.1) is 0 Å². The SMILES string of the molecule is CC(=O)O[C@@H]1C(=O)[C@@]2(C)CC[C@@H]3OC[C@]3(OC(C)=O)C2[C@@H](OC(=O)c2ccccc2)[C@@]2(O)C[C@@H](OC(=O)[C@@H](O)[C@H](NC(=O)c3ccccc3)c3ccccc3)C(C)=C1C2(C)C. The lowest BCUT2D eigenvalue weighted by Crippen LogP contribution is -2.79. The average Bonchev–Trinajstić information content (AvgIpc) is 3.22. The van der Waals surface area contributed by atoms with Gasteiger partial charge < -0.3 is 39.2 Å². The highest BCUT2D eigenvalue weighted by molar-refractivity contribution is 5.96. The van der Waals surface area contributed by atoms with E-state index in [2.05, 4.69) is 5.32 Å². The number of ketones is 1. The van der Waals surface area contributed by atoms with Gasteiger partial charge in [0.05, 0.1) is 24.1 Å². The van der Waals surface area contributed by atoms with Crippen molar-refractivity contribution >= 4 is 35.6 Å². The Hall–Kier alpha value is -5.70. The second-order valence-electron chi connectivity index (χ2n) is 17.3. The fourth-order valence-corrected chi connectivity index (χ4v) is 10.2. The monoisotopic (exact) mass is 837 g/mol. The molecule has 3 N–H and O–H groups in total. The van der Waals surface area contributed by atoms with Crippen LogP contribution in [-0.4, -0.2) is 94.1 Å². The highest BCUT2D eigenvalue weighted by atomic mass is 16.6. The fraction of sp³-hybridized carbons (Fsp3) is 0.447. The number of fused-ring (bicyclic) bond motifs is 5. The number of benzene rings is 3. The smallest absolute Gasteiger partial charge is 0.338 e. The molecular weight excluding hydrogens is 787 g/mol. The maximum Gasteiger partial charge on any atom is 0.338 e. The van der Waals surface area contributed by atoms with Crippen molar-refractivity contribution in [2.75, 3.05) is 6.61 Å². The number of aliphatic hydroxyl groups is 2. The molecule has 14 heteroatoms. The molecule has 3 aromatic carbocycles. The van der Waals surface area contributed by atoms with E-state index >= 15 is 4.79 Å². The summed E-state index contributed by atoms with van der Waals surface area (Å²) in [5.41, 5.74) is -5.83. The van der Waals surface area contributed by atoms with Crippen LogP contribution in [-0.2, 0) is 42.9 Å². The molecule has 1 saturated heterocycles. The van der Waals surface area contributed by atoms with Crippen molar-refractivity contribution in [2.24, 2.45) is 16.7 Å². The Balaban J connectivity index is 1.37. The van der Waals surface area contributed by atoms with E-state index in [4.69, 9.17) is 23.7 Å². The molecule has 1 unspecified atom stereocenters. The van der Waals surface area contributed by atoms with Gasteiger partial charge in [-0.05, 0) is 60.7 Å². The first-order valence-electron chi connectivity index (χ1n) is 20.4. The summed E-state index contributed by atoms with van der Waals surface area (Å²) in [6, 6.07) is 23.3. The molecule has 2 saturated carbocycles. The normalized spacial score (nSPS) is 31.0. The highest BCUT2D eigenvalue weighted by Crippen LogP contribution is 2.64. The lowest BCUT2D eigenvalue weighted by atomic mass is 9.45. The minimum Gasteiger partial charge on any atom is -0.456 e. The summed E-state index contributed by atoms with van der Waals surface area (Å²) >= 11 is 0. The number of rotatable bonds is 10. The van der Waals surface area contributed by atoms with Gasteiger partial charge in [-0.2, -0.15) is 0 Å². The Morgan fingerprint density at radius 2 is 1.41 bits per heavy atom. The van der Waals surface area contributed by atoms with Crippen molar-refractivity contribution in [3.8, 4) is 0 Å². The molecule has 10 atom stereocenters. The van der Waals surface area contributed by atoms with Crippen LogP contribution in [0.15, 0.2) is 102 Å². The quantitative estimate of drug-likeness (QED) is 0.144. The molecule has 4 aliphatic rings. The van der Waals surface area contributed by atoms with Crippen LogP contribution in [0.4, 0.5) is 0 Å². The zero-order chi connectivity index (χ0) is 44.1. The molecule has 0 aromatic heterocycles. The summed E-state index contributed by atoms with van der Waals surface area (Å²) in [6.07, 6.45) is -7.55. The van der Waals surface area contributed by atoms with Gasteiger partial charge >= 0.3 is 23.9 Å². The fourth-order valence-electron chi connectivity index (χ4n) is 10.2. The van der Waals surface area contributed by atoms with Gasteiger partial charge in [-0.1, -0.05) is 87.5 Å². The van der Waals surface area contributed by atoms with E-state index in [-0.39, 0.29) is 41.7 Å². The molecule has 1 heterocycles. The van der Waals surface area contributed by atoms with Crippen LogP contribution in [0.1, 0.15) is 93.1 Å². The number of hydrogen-bond acceptors (Lipinski definition) is 13. The van der Waals surface area contributed by atoms with Gasteiger partial charge in [0.25, 0.3) is 5.91 Å². The number of Topliss-reactive ketones (excluding diaryl/α,β-unsaturated/α-hetero) is 1. The Labute approximate surface area is 353 Å². The average molecular weight is 838 g/mol. The Kier molecular flexibility index (Phi) is 11.6. The van der Waals surface area contributed by atoms with Crippen molar-refractivity contribution < 1.29 is 62.7 Å². The number of nitrogens with one attached hydrogen (secondary N) is 1. The number of carbonyl (C=O) groups excluding carboxylic acids is 6. The number of amides is 1. The van der Waals surface area contributed by atoms with Gasteiger partial charge in [-0.3, -0.25) is 19.2 Å². The minimum atomic E-state index is -2.27. The number of hydrogen-bond donors (Lipinski definition) is 3. The minimum absolute atomic E-state index is 0.111. The molecule has 3 fully saturated rings. The van der Waals surface area contributed by atoms with E-state index in [0.29, 0.717) is 5.56 Å². The van der Waals surface area contributed by atoms with E-state index in [9.17, 15) is 34.2 Å². The van der Waals surface area contributed by atoms with Crippen LogP contribution < -0.4 is 5.32 Å². The second kappa shape index (κ2) is 16.3. The predicted octanol–water partition coefficient (Wildman–Crippen LogP) is 4.76. The largest absolute Gasteiger partial charge is 0.456 e. The Bertz CT molecular complexity index is 2240. The lowest BCUT2D eigenvalue weighted by Gasteiger charge is -2.66. The second-order valence-corrected chi connectivity index (χ2v) is 17.3. The van der Waals surface area contributed by atoms with Crippen molar-refractivity contribution in [3.63, 3.8) is 0 Å². The summed E-state index contributed by atoms with van der Waals surface area (Å²) in [5.74, 6) is -6.00. The van der Waals surface area contributed by atoms with E-state index in [1.54, 1.807) is 107 Å². The molecule has 3 aliphatic carbocycles. The summed E-state index contributed by atoms with van der Waals surface area (Å²) in [4.78, 5) is 83.3. The Morgan fingerprint density at radius 3 is 1.97 bits per heavy atom. The molecular formula is C47H51NO13. The molecule has 0 radical (unpaired) electrons. The zero-order valence-corrected chi connectivity index (χ0v) is 34.9. The van der Waals surface area contributed by atoms with Crippen LogP contribution in [0.5, 0.6) is 0 Å². The first-order valence-corrected chi connectivity index (χ1v) is 20.4. The summed E-state index contributed by atoms with van der Waals surface area (Å²) in [7, 11) is 0.